The molecule has 7 nitrogen and oxygen atoms in total. The second-order valence-corrected chi connectivity index (χ2v) is 9.36. The van der Waals surface area contributed by atoms with Crippen LogP contribution in [0, 0.1) is 3.57 Å². The van der Waals surface area contributed by atoms with Crippen molar-refractivity contribution in [2.24, 2.45) is 5.10 Å². The molecule has 0 radical (unpaired) electrons. The van der Waals surface area contributed by atoms with Gasteiger partial charge in [0.05, 0.1) is 10.6 Å². The summed E-state index contributed by atoms with van der Waals surface area (Å²) in [6.07, 6.45) is 1.47. The maximum Gasteiger partial charge on any atom is 0.265 e. The van der Waals surface area contributed by atoms with Crippen LogP contribution in [0.15, 0.2) is 89.0 Å². The fourth-order valence-electron chi connectivity index (χ4n) is 2.58. The number of nitrogens with zero attached hydrogens (tertiary/aromatic N) is 3. The first-order valence-electron chi connectivity index (χ1n) is 8.96. The average Bonchev–Trinajstić information content (AvgIpc) is 2.77. The van der Waals surface area contributed by atoms with Gasteiger partial charge in [-0.25, -0.2) is 23.1 Å². The Kier molecular flexibility index (Phi) is 7.16. The minimum absolute atomic E-state index is 0.0713. The van der Waals surface area contributed by atoms with E-state index < -0.39 is 22.5 Å². The lowest BCUT2D eigenvalue weighted by atomic mass is 10.1. The van der Waals surface area contributed by atoms with Gasteiger partial charge in [-0.05, 0) is 71.5 Å². The zero-order valence-electron chi connectivity index (χ0n) is 16.1. The van der Waals surface area contributed by atoms with Crippen LogP contribution in [0.5, 0.6) is 0 Å². The summed E-state index contributed by atoms with van der Waals surface area (Å²) in [7, 11) is -3.98. The van der Waals surface area contributed by atoms with Crippen LogP contribution < -0.4 is 9.73 Å². The van der Waals surface area contributed by atoms with E-state index in [1.54, 1.807) is 37.3 Å². The molecule has 2 aromatic carbocycles. The smallest absolute Gasteiger partial charge is 0.265 e. The van der Waals surface area contributed by atoms with Gasteiger partial charge in [-0.1, -0.05) is 36.4 Å². The molecule has 0 fully saturated rings. The summed E-state index contributed by atoms with van der Waals surface area (Å²) in [6, 6.07) is 20.4. The molecule has 0 aliphatic carbocycles. The highest BCUT2D eigenvalue weighted by Crippen LogP contribution is 2.21. The number of anilines is 1. The topological polar surface area (TPSA) is 91.7 Å². The van der Waals surface area contributed by atoms with Crippen LogP contribution in [-0.4, -0.2) is 31.6 Å². The van der Waals surface area contributed by atoms with Crippen molar-refractivity contribution in [3.63, 3.8) is 0 Å². The van der Waals surface area contributed by atoms with Crippen molar-refractivity contribution in [1.29, 1.82) is 0 Å². The van der Waals surface area contributed by atoms with Crippen molar-refractivity contribution in [2.75, 3.05) is 10.8 Å². The summed E-state index contributed by atoms with van der Waals surface area (Å²) >= 11 is 2.20. The minimum atomic E-state index is -3.98. The molecule has 0 unspecified atom stereocenters. The Bertz CT molecular complexity index is 1140. The van der Waals surface area contributed by atoms with Crippen molar-refractivity contribution in [1.82, 2.24) is 10.4 Å². The number of pyridine rings is 1. The molecule has 0 aliphatic heterocycles. The third-order valence-electron chi connectivity index (χ3n) is 4.13. The molecule has 1 N–H and O–H groups in total. The predicted octanol–water partition coefficient (Wildman–Crippen LogP) is 3.42. The average molecular weight is 534 g/mol. The first-order valence-corrected chi connectivity index (χ1v) is 11.5. The number of nitrogens with one attached hydrogen (secondary N) is 1. The van der Waals surface area contributed by atoms with E-state index in [0.29, 0.717) is 5.71 Å². The maximum atomic E-state index is 13.1. The number of carbonyl (C=O) groups excluding carboxylic acids is 1. The highest BCUT2D eigenvalue weighted by atomic mass is 127. The number of amides is 1. The molecule has 1 aromatic heterocycles. The van der Waals surface area contributed by atoms with Crippen LogP contribution in [0.25, 0.3) is 0 Å². The number of carbonyl (C=O) groups is 1. The highest BCUT2D eigenvalue weighted by molar-refractivity contribution is 14.1. The molecular weight excluding hydrogens is 515 g/mol. The monoisotopic (exact) mass is 534 g/mol. The zero-order chi connectivity index (χ0) is 21.6. The van der Waals surface area contributed by atoms with Gasteiger partial charge in [-0.2, -0.15) is 5.10 Å². The minimum Gasteiger partial charge on any atom is -0.271 e. The molecule has 0 spiro atoms. The number of benzene rings is 2. The molecule has 154 valence electrons. The summed E-state index contributed by atoms with van der Waals surface area (Å²) in [5.74, 6) is -0.431. The van der Waals surface area contributed by atoms with Gasteiger partial charge in [0.25, 0.3) is 15.9 Å². The number of halogens is 1. The molecule has 30 heavy (non-hydrogen) atoms. The third kappa shape index (κ3) is 5.42. The van der Waals surface area contributed by atoms with Crippen LogP contribution in [0.2, 0.25) is 0 Å². The van der Waals surface area contributed by atoms with Crippen LogP contribution in [-0.2, 0) is 14.8 Å². The van der Waals surface area contributed by atoms with E-state index in [9.17, 15) is 13.2 Å². The molecule has 0 saturated heterocycles. The van der Waals surface area contributed by atoms with Crippen LogP contribution in [0.1, 0.15) is 12.5 Å². The van der Waals surface area contributed by atoms with E-state index in [1.165, 1.54) is 24.4 Å². The Morgan fingerprint density at radius 2 is 1.70 bits per heavy atom. The zero-order valence-corrected chi connectivity index (χ0v) is 19.0. The molecule has 0 bridgehead atoms. The van der Waals surface area contributed by atoms with Gasteiger partial charge in [0.1, 0.15) is 12.4 Å². The summed E-state index contributed by atoms with van der Waals surface area (Å²) < 4.78 is 28.3. The van der Waals surface area contributed by atoms with Gasteiger partial charge in [0, 0.05) is 9.77 Å². The third-order valence-corrected chi connectivity index (χ3v) is 6.62. The normalized spacial score (nSPS) is 11.7. The van der Waals surface area contributed by atoms with E-state index in [-0.39, 0.29) is 10.7 Å². The molecule has 1 heterocycles. The maximum absolute atomic E-state index is 13.1. The number of hydrogen-bond acceptors (Lipinski definition) is 5. The number of hydrazone groups is 1. The molecule has 3 rings (SSSR count). The van der Waals surface area contributed by atoms with Crippen LogP contribution >= 0.6 is 22.6 Å². The Hall–Kier alpha value is -2.79. The van der Waals surface area contributed by atoms with E-state index >= 15 is 0 Å². The van der Waals surface area contributed by atoms with Gasteiger partial charge in [0.2, 0.25) is 0 Å². The van der Waals surface area contributed by atoms with Crippen LogP contribution in [0.3, 0.4) is 0 Å². The first-order chi connectivity index (χ1) is 14.4. The SMILES string of the molecule is CC(=NNC(=O)CN(c1ccccn1)S(=O)(=O)c1ccccc1)c1ccc(I)cc1. The Morgan fingerprint density at radius 3 is 2.33 bits per heavy atom. The highest BCUT2D eigenvalue weighted by Gasteiger charge is 2.27. The largest absolute Gasteiger partial charge is 0.271 e. The molecule has 0 aliphatic rings. The van der Waals surface area contributed by atoms with Crippen molar-refractivity contribution >= 4 is 50.1 Å². The number of aromatic nitrogens is 1. The van der Waals surface area contributed by atoms with E-state index in [2.05, 4.69) is 38.1 Å². The number of rotatable bonds is 7. The van der Waals surface area contributed by atoms with Gasteiger partial charge >= 0.3 is 0 Å². The fraction of sp³-hybridized carbons (Fsp3) is 0.0952. The Morgan fingerprint density at radius 1 is 1.03 bits per heavy atom. The second kappa shape index (κ2) is 9.81. The predicted molar refractivity (Wildman–Crippen MR) is 125 cm³/mol. The lowest BCUT2D eigenvalue weighted by Crippen LogP contribution is -2.40. The summed E-state index contributed by atoms with van der Waals surface area (Å²) in [5, 5.41) is 4.10. The molecular formula is C21H19IN4O3S. The van der Waals surface area contributed by atoms with E-state index in [4.69, 9.17) is 0 Å². The van der Waals surface area contributed by atoms with Crippen molar-refractivity contribution in [3.8, 4) is 0 Å². The molecule has 1 amide bonds. The lowest BCUT2D eigenvalue weighted by Gasteiger charge is -2.22. The van der Waals surface area contributed by atoms with Gasteiger partial charge in [0.15, 0.2) is 0 Å². The molecule has 9 heteroatoms. The van der Waals surface area contributed by atoms with Crippen molar-refractivity contribution in [3.05, 3.63) is 88.1 Å². The quantitative estimate of drug-likeness (QED) is 0.286. The Labute approximate surface area is 189 Å². The van der Waals surface area contributed by atoms with E-state index in [0.717, 1.165) is 13.4 Å². The van der Waals surface area contributed by atoms with Crippen molar-refractivity contribution < 1.29 is 13.2 Å². The van der Waals surface area contributed by atoms with E-state index in [1.807, 2.05) is 24.3 Å². The number of hydrogen-bond donors (Lipinski definition) is 1. The summed E-state index contributed by atoms with van der Waals surface area (Å²) in [4.78, 5) is 16.7. The van der Waals surface area contributed by atoms with Crippen LogP contribution in [0.4, 0.5) is 5.82 Å². The van der Waals surface area contributed by atoms with Crippen molar-refractivity contribution in [2.45, 2.75) is 11.8 Å². The Balaban J connectivity index is 1.82. The van der Waals surface area contributed by atoms with Gasteiger partial charge in [-0.3, -0.25) is 4.79 Å². The molecule has 0 saturated carbocycles. The second-order valence-electron chi connectivity index (χ2n) is 6.25. The van der Waals surface area contributed by atoms with Gasteiger partial charge in [-0.15, -0.1) is 0 Å². The summed E-state index contributed by atoms with van der Waals surface area (Å²) in [6.45, 7) is 1.30. The fourth-order valence-corrected chi connectivity index (χ4v) is 4.33. The summed E-state index contributed by atoms with van der Waals surface area (Å²) in [5.41, 5.74) is 3.89. The van der Waals surface area contributed by atoms with Gasteiger partial charge < -0.3 is 0 Å². The molecule has 3 aromatic rings. The lowest BCUT2D eigenvalue weighted by molar-refractivity contribution is -0.119. The molecule has 0 atom stereocenters. The first kappa shape index (κ1) is 21.9. The standard InChI is InChI=1S/C21H19IN4O3S/c1-16(17-10-12-18(22)13-11-17)24-25-21(27)15-26(20-9-5-6-14-23-20)30(28,29)19-7-3-2-4-8-19/h2-14H,15H2,1H3,(H,25,27). The number of sulfonamides is 1.